The number of aliphatic carboxylic acids is 1. The maximum Gasteiger partial charge on any atom is 0.310 e. The first-order valence-corrected chi connectivity index (χ1v) is 6.67. The van der Waals surface area contributed by atoms with Gasteiger partial charge in [0.05, 0.1) is 11.6 Å². The van der Waals surface area contributed by atoms with Gasteiger partial charge in [0.1, 0.15) is 6.54 Å². The number of nitrogens with zero attached hydrogens (tertiary/aromatic N) is 2. The highest BCUT2D eigenvalue weighted by Gasteiger charge is 2.34. The molecule has 1 aromatic heterocycles. The maximum atomic E-state index is 12.2. The standard InChI is InChI=1S/C13H21F2N3O2/c1-3-13(4-2,12(19)20)9-16-5-10-6-17-18(7-10)8-11(14)15/h6-7,11,16H,3-5,8-9H2,1-2H3,(H,19,20). The van der Waals surface area contributed by atoms with Crippen LogP contribution in [0.2, 0.25) is 0 Å². The van der Waals surface area contributed by atoms with Crippen LogP contribution in [0.25, 0.3) is 0 Å². The van der Waals surface area contributed by atoms with E-state index in [1.54, 1.807) is 6.20 Å². The highest BCUT2D eigenvalue weighted by atomic mass is 19.3. The number of nitrogens with one attached hydrogen (secondary N) is 1. The molecule has 2 N–H and O–H groups in total. The van der Waals surface area contributed by atoms with E-state index in [1.165, 1.54) is 10.9 Å². The van der Waals surface area contributed by atoms with E-state index in [2.05, 4.69) is 10.4 Å². The van der Waals surface area contributed by atoms with E-state index in [9.17, 15) is 18.7 Å². The second kappa shape index (κ2) is 7.33. The smallest absolute Gasteiger partial charge is 0.310 e. The van der Waals surface area contributed by atoms with Crippen LogP contribution < -0.4 is 5.32 Å². The van der Waals surface area contributed by atoms with E-state index in [1.807, 2.05) is 13.8 Å². The molecule has 0 aromatic carbocycles. The fourth-order valence-corrected chi connectivity index (χ4v) is 2.06. The van der Waals surface area contributed by atoms with Gasteiger partial charge in [-0.1, -0.05) is 13.8 Å². The SMILES string of the molecule is CCC(CC)(CNCc1cnn(CC(F)F)c1)C(=O)O. The Morgan fingerprint density at radius 1 is 1.50 bits per heavy atom. The van der Waals surface area contributed by atoms with Gasteiger partial charge in [0.25, 0.3) is 6.43 Å². The van der Waals surface area contributed by atoms with Gasteiger partial charge in [-0.3, -0.25) is 9.48 Å². The van der Waals surface area contributed by atoms with E-state index >= 15 is 0 Å². The molecule has 0 aliphatic rings. The van der Waals surface area contributed by atoms with Crippen molar-refractivity contribution in [2.45, 2.75) is 46.2 Å². The number of hydrogen-bond donors (Lipinski definition) is 2. The Morgan fingerprint density at radius 2 is 2.15 bits per heavy atom. The minimum Gasteiger partial charge on any atom is -0.481 e. The molecular weight excluding hydrogens is 268 g/mol. The third kappa shape index (κ3) is 4.26. The zero-order valence-electron chi connectivity index (χ0n) is 11.8. The predicted molar refractivity (Wildman–Crippen MR) is 70.6 cm³/mol. The molecule has 0 fully saturated rings. The first kappa shape index (κ1) is 16.6. The lowest BCUT2D eigenvalue weighted by Gasteiger charge is -2.26. The lowest BCUT2D eigenvalue weighted by Crippen LogP contribution is -2.39. The number of carboxylic acid groups (broad SMARTS) is 1. The number of carbonyl (C=O) groups is 1. The Balaban J connectivity index is 2.51. The van der Waals surface area contributed by atoms with E-state index < -0.39 is 24.4 Å². The molecule has 5 nitrogen and oxygen atoms in total. The van der Waals surface area contributed by atoms with Gasteiger partial charge < -0.3 is 10.4 Å². The number of hydrogen-bond acceptors (Lipinski definition) is 3. The molecule has 0 aliphatic heterocycles. The van der Waals surface area contributed by atoms with Crippen LogP contribution in [0, 0.1) is 5.41 Å². The van der Waals surface area contributed by atoms with Gasteiger partial charge in [-0.15, -0.1) is 0 Å². The van der Waals surface area contributed by atoms with Crippen LogP contribution in [0.4, 0.5) is 8.78 Å². The Hall–Kier alpha value is -1.50. The molecule has 1 heterocycles. The molecule has 0 atom stereocenters. The van der Waals surface area contributed by atoms with Gasteiger partial charge in [-0.05, 0) is 12.8 Å². The summed E-state index contributed by atoms with van der Waals surface area (Å²) in [6, 6.07) is 0. The van der Waals surface area contributed by atoms with Gasteiger partial charge in [-0.25, -0.2) is 8.78 Å². The average Bonchev–Trinajstić information content (AvgIpc) is 2.81. The van der Waals surface area contributed by atoms with Crippen molar-refractivity contribution in [3.8, 4) is 0 Å². The molecule has 0 saturated heterocycles. The second-order valence-corrected chi connectivity index (χ2v) is 4.86. The first-order valence-electron chi connectivity index (χ1n) is 6.67. The Bertz CT molecular complexity index is 431. The van der Waals surface area contributed by atoms with Crippen molar-refractivity contribution < 1.29 is 18.7 Å². The molecule has 0 bridgehead atoms. The summed E-state index contributed by atoms with van der Waals surface area (Å²) >= 11 is 0. The van der Waals surface area contributed by atoms with E-state index in [4.69, 9.17) is 0 Å². The number of alkyl halides is 2. The lowest BCUT2D eigenvalue weighted by molar-refractivity contribution is -0.149. The number of rotatable bonds is 9. The Kier molecular flexibility index (Phi) is 6.06. The summed E-state index contributed by atoms with van der Waals surface area (Å²) in [6.07, 6.45) is 1.69. The molecule has 1 rings (SSSR count). The van der Waals surface area contributed by atoms with Gasteiger partial charge in [0, 0.05) is 24.8 Å². The van der Waals surface area contributed by atoms with Crippen LogP contribution >= 0.6 is 0 Å². The molecule has 0 spiro atoms. The van der Waals surface area contributed by atoms with Crippen LogP contribution in [0.1, 0.15) is 32.3 Å². The van der Waals surface area contributed by atoms with Crippen molar-refractivity contribution in [2.75, 3.05) is 6.54 Å². The van der Waals surface area contributed by atoms with E-state index in [0.29, 0.717) is 25.9 Å². The molecule has 0 unspecified atom stereocenters. The molecule has 0 aliphatic carbocycles. The van der Waals surface area contributed by atoms with Crippen LogP contribution in [-0.4, -0.2) is 33.8 Å². The van der Waals surface area contributed by atoms with E-state index in [0.717, 1.165) is 5.56 Å². The molecule has 7 heteroatoms. The normalized spacial score (nSPS) is 12.1. The van der Waals surface area contributed by atoms with Gasteiger partial charge in [0.2, 0.25) is 0 Å². The summed E-state index contributed by atoms with van der Waals surface area (Å²) in [5.41, 5.74) is -0.0176. The largest absolute Gasteiger partial charge is 0.481 e. The fraction of sp³-hybridized carbons (Fsp3) is 0.692. The minimum atomic E-state index is -2.43. The highest BCUT2D eigenvalue weighted by Crippen LogP contribution is 2.25. The summed E-state index contributed by atoms with van der Waals surface area (Å²) in [6.45, 7) is 4.02. The Morgan fingerprint density at radius 3 is 2.65 bits per heavy atom. The van der Waals surface area contributed by atoms with E-state index in [-0.39, 0.29) is 0 Å². The number of carboxylic acids is 1. The monoisotopic (exact) mass is 289 g/mol. The molecule has 0 saturated carbocycles. The summed E-state index contributed by atoms with van der Waals surface area (Å²) in [4.78, 5) is 11.3. The third-order valence-electron chi connectivity index (χ3n) is 3.61. The Labute approximate surface area is 117 Å². The molecule has 114 valence electrons. The molecular formula is C13H21F2N3O2. The first-order chi connectivity index (χ1) is 9.43. The van der Waals surface area contributed by atoms with Crippen LogP contribution in [0.5, 0.6) is 0 Å². The summed E-state index contributed by atoms with van der Waals surface area (Å²) in [7, 11) is 0. The van der Waals surface area contributed by atoms with Crippen molar-refractivity contribution >= 4 is 5.97 Å². The minimum absolute atomic E-state index is 0.343. The third-order valence-corrected chi connectivity index (χ3v) is 3.61. The topological polar surface area (TPSA) is 67.2 Å². The predicted octanol–water partition coefficient (Wildman–Crippen LogP) is 2.13. The second-order valence-electron chi connectivity index (χ2n) is 4.86. The molecule has 20 heavy (non-hydrogen) atoms. The zero-order valence-corrected chi connectivity index (χ0v) is 11.8. The number of aromatic nitrogens is 2. The van der Waals surface area contributed by atoms with Crippen molar-refractivity contribution in [1.82, 2.24) is 15.1 Å². The lowest BCUT2D eigenvalue weighted by atomic mass is 9.82. The summed E-state index contributed by atoms with van der Waals surface area (Å²) in [5.74, 6) is -0.816. The van der Waals surface area contributed by atoms with Crippen molar-refractivity contribution in [1.29, 1.82) is 0 Å². The summed E-state index contributed by atoms with van der Waals surface area (Å²) < 4.78 is 25.5. The fourth-order valence-electron chi connectivity index (χ4n) is 2.06. The zero-order chi connectivity index (χ0) is 15.2. The molecule has 0 amide bonds. The average molecular weight is 289 g/mol. The molecule has 1 aromatic rings. The van der Waals surface area contributed by atoms with Crippen molar-refractivity contribution in [3.63, 3.8) is 0 Å². The van der Waals surface area contributed by atoms with Crippen LogP contribution in [-0.2, 0) is 17.9 Å². The van der Waals surface area contributed by atoms with Crippen molar-refractivity contribution in [2.24, 2.45) is 5.41 Å². The highest BCUT2D eigenvalue weighted by molar-refractivity contribution is 5.74. The van der Waals surface area contributed by atoms with Gasteiger partial charge in [0.15, 0.2) is 0 Å². The van der Waals surface area contributed by atoms with Crippen molar-refractivity contribution in [3.05, 3.63) is 18.0 Å². The molecule has 0 radical (unpaired) electrons. The maximum absolute atomic E-state index is 12.2. The number of halogens is 2. The van der Waals surface area contributed by atoms with Gasteiger partial charge in [-0.2, -0.15) is 5.10 Å². The van der Waals surface area contributed by atoms with Gasteiger partial charge >= 0.3 is 5.97 Å². The van der Waals surface area contributed by atoms with Crippen LogP contribution in [0.15, 0.2) is 12.4 Å². The quantitative estimate of drug-likeness (QED) is 0.731. The van der Waals surface area contributed by atoms with Crippen LogP contribution in [0.3, 0.4) is 0 Å². The summed E-state index contributed by atoms with van der Waals surface area (Å²) in [5, 5.41) is 16.2.